The zero-order valence-electron chi connectivity index (χ0n) is 10.1. The number of thiophene rings is 1. The van der Waals surface area contributed by atoms with E-state index in [1.165, 1.54) is 6.07 Å². The van der Waals surface area contributed by atoms with E-state index in [2.05, 4.69) is 10.4 Å². The van der Waals surface area contributed by atoms with Crippen molar-refractivity contribution >= 4 is 39.9 Å². The Kier molecular flexibility index (Phi) is 2.95. The van der Waals surface area contributed by atoms with Gasteiger partial charge in [-0.3, -0.25) is 0 Å². The van der Waals surface area contributed by atoms with Gasteiger partial charge in [0.05, 0.1) is 22.1 Å². The molecule has 0 bridgehead atoms. The van der Waals surface area contributed by atoms with Crippen molar-refractivity contribution in [2.45, 2.75) is 13.0 Å². The molecule has 1 atom stereocenters. The van der Waals surface area contributed by atoms with Gasteiger partial charge in [-0.1, -0.05) is 11.6 Å². The van der Waals surface area contributed by atoms with Gasteiger partial charge in [0.2, 0.25) is 5.95 Å². The van der Waals surface area contributed by atoms with E-state index in [-0.39, 0.29) is 11.1 Å². The molecule has 2 N–H and O–H groups in total. The Hall–Kier alpha value is -1.59. The van der Waals surface area contributed by atoms with Crippen LogP contribution in [-0.2, 0) is 0 Å². The molecule has 3 nitrogen and oxygen atoms in total. The van der Waals surface area contributed by atoms with E-state index < -0.39 is 5.82 Å². The lowest BCUT2D eigenvalue weighted by Gasteiger charge is -2.14. The lowest BCUT2D eigenvalue weighted by molar-refractivity contribution is 0.629. The molecule has 2 heterocycles. The van der Waals surface area contributed by atoms with Crippen molar-refractivity contribution in [1.82, 2.24) is 9.55 Å². The number of fused-ring (bicyclic) bond motifs is 1. The molecule has 0 radical (unpaired) electrons. The maximum absolute atomic E-state index is 13.4. The van der Waals surface area contributed by atoms with Gasteiger partial charge in [-0.2, -0.15) is 11.3 Å². The van der Waals surface area contributed by atoms with Crippen LogP contribution in [0.4, 0.5) is 10.3 Å². The molecule has 1 unspecified atom stereocenters. The molecule has 0 fully saturated rings. The molecular formula is C13H11ClFN3S. The average molecular weight is 296 g/mol. The third-order valence-corrected chi connectivity index (χ3v) is 4.16. The summed E-state index contributed by atoms with van der Waals surface area (Å²) in [4.78, 5) is 4.19. The van der Waals surface area contributed by atoms with Crippen LogP contribution in [-0.4, -0.2) is 9.55 Å². The summed E-state index contributed by atoms with van der Waals surface area (Å²) in [6, 6.07) is 4.94. The second-order valence-corrected chi connectivity index (χ2v) is 5.51. The fourth-order valence-corrected chi connectivity index (χ4v) is 3.08. The fourth-order valence-electron chi connectivity index (χ4n) is 2.18. The third-order valence-electron chi connectivity index (χ3n) is 3.17. The number of hydrogen-bond donors (Lipinski definition) is 1. The lowest BCUT2D eigenvalue weighted by Crippen LogP contribution is -2.09. The van der Waals surface area contributed by atoms with E-state index in [0.29, 0.717) is 11.5 Å². The minimum Gasteiger partial charge on any atom is -0.369 e. The normalized spacial score (nSPS) is 13.0. The average Bonchev–Trinajstić information content (AvgIpc) is 2.97. The molecule has 0 aliphatic carbocycles. The summed E-state index contributed by atoms with van der Waals surface area (Å²) in [5.74, 6) is -0.127. The van der Waals surface area contributed by atoms with Gasteiger partial charge in [-0.15, -0.1) is 0 Å². The van der Waals surface area contributed by atoms with Crippen molar-refractivity contribution in [3.63, 3.8) is 0 Å². The summed E-state index contributed by atoms with van der Waals surface area (Å²) < 4.78 is 15.3. The highest BCUT2D eigenvalue weighted by Gasteiger charge is 2.17. The highest BCUT2D eigenvalue weighted by molar-refractivity contribution is 7.07. The largest absolute Gasteiger partial charge is 0.369 e. The molecule has 98 valence electrons. The third kappa shape index (κ3) is 1.99. The quantitative estimate of drug-likeness (QED) is 0.774. The number of hydrogen-bond acceptors (Lipinski definition) is 3. The molecule has 3 aromatic rings. The van der Waals surface area contributed by atoms with Crippen LogP contribution in [0.25, 0.3) is 11.0 Å². The highest BCUT2D eigenvalue weighted by atomic mass is 35.5. The van der Waals surface area contributed by atoms with Crippen molar-refractivity contribution in [3.8, 4) is 0 Å². The van der Waals surface area contributed by atoms with E-state index in [4.69, 9.17) is 17.3 Å². The van der Waals surface area contributed by atoms with Gasteiger partial charge >= 0.3 is 0 Å². The molecule has 19 heavy (non-hydrogen) atoms. The topological polar surface area (TPSA) is 43.8 Å². The van der Waals surface area contributed by atoms with Crippen LogP contribution in [0, 0.1) is 5.82 Å². The smallest absolute Gasteiger partial charge is 0.201 e. The number of nitrogen functional groups attached to an aromatic ring is 1. The number of nitrogens with two attached hydrogens (primary N) is 1. The Morgan fingerprint density at radius 1 is 1.47 bits per heavy atom. The van der Waals surface area contributed by atoms with Crippen molar-refractivity contribution in [2.24, 2.45) is 0 Å². The highest BCUT2D eigenvalue weighted by Crippen LogP contribution is 2.30. The second kappa shape index (κ2) is 4.51. The molecule has 0 spiro atoms. The van der Waals surface area contributed by atoms with Gasteiger partial charge in [0.1, 0.15) is 5.82 Å². The molecule has 0 saturated carbocycles. The lowest BCUT2D eigenvalue weighted by atomic mass is 10.1. The summed E-state index contributed by atoms with van der Waals surface area (Å²) in [7, 11) is 0. The Morgan fingerprint density at radius 2 is 2.26 bits per heavy atom. The molecule has 1 aromatic carbocycles. The first-order valence-corrected chi connectivity index (χ1v) is 7.04. The summed E-state index contributed by atoms with van der Waals surface area (Å²) in [6.45, 7) is 2.02. The zero-order chi connectivity index (χ0) is 13.6. The van der Waals surface area contributed by atoms with E-state index in [9.17, 15) is 4.39 Å². The minimum atomic E-state index is -0.484. The van der Waals surface area contributed by atoms with E-state index in [1.807, 2.05) is 22.9 Å². The number of imidazole rings is 1. The molecule has 6 heteroatoms. The van der Waals surface area contributed by atoms with Gasteiger partial charge < -0.3 is 10.3 Å². The van der Waals surface area contributed by atoms with E-state index in [0.717, 1.165) is 11.1 Å². The van der Waals surface area contributed by atoms with Gasteiger partial charge in [-0.25, -0.2) is 9.37 Å². The van der Waals surface area contributed by atoms with Crippen molar-refractivity contribution < 1.29 is 4.39 Å². The minimum absolute atomic E-state index is 0.0257. The van der Waals surface area contributed by atoms with Crippen LogP contribution in [0.1, 0.15) is 18.5 Å². The van der Waals surface area contributed by atoms with Gasteiger partial charge in [0.15, 0.2) is 0 Å². The summed E-state index contributed by atoms with van der Waals surface area (Å²) in [5, 5.41) is 4.14. The monoisotopic (exact) mass is 295 g/mol. The van der Waals surface area contributed by atoms with Crippen molar-refractivity contribution in [1.29, 1.82) is 0 Å². The van der Waals surface area contributed by atoms with Crippen LogP contribution in [0.5, 0.6) is 0 Å². The fraction of sp³-hybridized carbons (Fsp3) is 0.154. The first kappa shape index (κ1) is 12.4. The van der Waals surface area contributed by atoms with Crippen LogP contribution in [0.2, 0.25) is 5.02 Å². The molecule has 0 amide bonds. The number of rotatable bonds is 2. The predicted octanol–water partition coefficient (Wildman–Crippen LogP) is 4.08. The van der Waals surface area contributed by atoms with Gasteiger partial charge in [0, 0.05) is 6.07 Å². The van der Waals surface area contributed by atoms with E-state index in [1.54, 1.807) is 17.4 Å². The Labute approximate surface area is 118 Å². The number of nitrogens with zero attached hydrogens (tertiary/aromatic N) is 2. The van der Waals surface area contributed by atoms with Gasteiger partial charge in [0.25, 0.3) is 0 Å². The Balaban J connectivity index is 2.23. The number of aromatic nitrogens is 2. The first-order valence-electron chi connectivity index (χ1n) is 5.72. The maximum Gasteiger partial charge on any atom is 0.201 e. The number of halogens is 2. The SMILES string of the molecule is CC(c1ccsc1)n1c(N)nc2cc(F)c(Cl)cc21. The standard InChI is InChI=1S/C13H11ClFN3S/c1-7(8-2-3-19-6-8)18-12-4-9(14)10(15)5-11(12)17-13(18)16/h2-7H,1H3,(H2,16,17). The predicted molar refractivity (Wildman–Crippen MR) is 77.2 cm³/mol. The molecule has 0 aliphatic heterocycles. The first-order chi connectivity index (χ1) is 9.08. The Bertz CT molecular complexity index is 736. The van der Waals surface area contributed by atoms with Gasteiger partial charge in [-0.05, 0) is 35.4 Å². The molecule has 0 aliphatic rings. The van der Waals surface area contributed by atoms with Crippen molar-refractivity contribution in [3.05, 3.63) is 45.4 Å². The summed E-state index contributed by atoms with van der Waals surface area (Å²) in [6.07, 6.45) is 0. The molecule has 3 rings (SSSR count). The van der Waals surface area contributed by atoms with Crippen molar-refractivity contribution in [2.75, 3.05) is 5.73 Å². The van der Waals surface area contributed by atoms with E-state index >= 15 is 0 Å². The summed E-state index contributed by atoms with van der Waals surface area (Å²) in [5.41, 5.74) is 8.34. The van der Waals surface area contributed by atoms with Crippen LogP contribution in [0.15, 0.2) is 29.0 Å². The molecular weight excluding hydrogens is 285 g/mol. The zero-order valence-corrected chi connectivity index (χ0v) is 11.7. The maximum atomic E-state index is 13.4. The van der Waals surface area contributed by atoms with Crippen LogP contribution < -0.4 is 5.73 Å². The number of anilines is 1. The molecule has 2 aromatic heterocycles. The second-order valence-electron chi connectivity index (χ2n) is 4.33. The van der Waals surface area contributed by atoms with Crippen LogP contribution in [0.3, 0.4) is 0 Å². The van der Waals surface area contributed by atoms with Crippen LogP contribution >= 0.6 is 22.9 Å². The number of benzene rings is 1. The molecule has 0 saturated heterocycles. The Morgan fingerprint density at radius 3 is 2.95 bits per heavy atom. The summed E-state index contributed by atoms with van der Waals surface area (Å²) >= 11 is 7.47.